The number of pyridine rings is 1. The van der Waals surface area contributed by atoms with Crippen LogP contribution in [0.4, 0.5) is 13.2 Å². The number of aromatic nitrogens is 1. The summed E-state index contributed by atoms with van der Waals surface area (Å²) in [5.41, 5.74) is 1.78. The Balaban J connectivity index is 0.000000389. The number of halogens is 3. The van der Waals surface area contributed by atoms with Gasteiger partial charge in [0.05, 0.1) is 5.76 Å². The third kappa shape index (κ3) is 9.66. The molecule has 5 aromatic rings. The average Bonchev–Trinajstić information content (AvgIpc) is 3.51. The fourth-order valence-corrected chi connectivity index (χ4v) is 15.5. The van der Waals surface area contributed by atoms with E-state index in [0.717, 1.165) is 52.0 Å². The molecule has 2 aromatic heterocycles. The van der Waals surface area contributed by atoms with Crippen LogP contribution in [-0.4, -0.2) is 29.1 Å². The molecule has 0 unspecified atom stereocenters. The van der Waals surface area contributed by atoms with E-state index in [-0.39, 0.29) is 54.3 Å². The fourth-order valence-electron chi connectivity index (χ4n) is 6.68. The summed E-state index contributed by atoms with van der Waals surface area (Å²) in [5, 5.41) is 12.0. The summed E-state index contributed by atoms with van der Waals surface area (Å²) in [6, 6.07) is 24.8. The largest absolute Gasteiger partial charge is 0.512 e. The van der Waals surface area contributed by atoms with E-state index in [4.69, 9.17) is 0 Å². The molecule has 0 spiro atoms. The van der Waals surface area contributed by atoms with E-state index in [1.54, 1.807) is 0 Å². The van der Waals surface area contributed by atoms with Crippen LogP contribution in [0.25, 0.3) is 32.1 Å². The van der Waals surface area contributed by atoms with Gasteiger partial charge in [0.2, 0.25) is 0 Å². The zero-order valence-electron chi connectivity index (χ0n) is 31.7. The minimum Gasteiger partial charge on any atom is -0.512 e. The van der Waals surface area contributed by atoms with Gasteiger partial charge in [0.1, 0.15) is 0 Å². The number of ketones is 1. The van der Waals surface area contributed by atoms with Crippen molar-refractivity contribution in [2.24, 2.45) is 11.8 Å². The van der Waals surface area contributed by atoms with Gasteiger partial charge in [0.25, 0.3) is 0 Å². The molecule has 0 amide bonds. The molecule has 3 nitrogen and oxygen atoms in total. The number of nitrogens with zero attached hydrogens (tertiary/aromatic N) is 1. The Hall–Kier alpha value is -2.78. The van der Waals surface area contributed by atoms with Crippen molar-refractivity contribution in [3.8, 4) is 11.3 Å². The predicted molar refractivity (Wildman–Crippen MR) is 212 cm³/mol. The Morgan fingerprint density at radius 1 is 0.885 bits per heavy atom. The van der Waals surface area contributed by atoms with Crippen molar-refractivity contribution in [3.05, 3.63) is 102 Å². The topological polar surface area (TPSA) is 50.2 Å². The van der Waals surface area contributed by atoms with Crippen molar-refractivity contribution < 1.29 is 43.2 Å². The van der Waals surface area contributed by atoms with Crippen LogP contribution in [-0.2, 0) is 36.5 Å². The third-order valence-electron chi connectivity index (χ3n) is 9.87. The van der Waals surface area contributed by atoms with Crippen molar-refractivity contribution in [2.45, 2.75) is 97.3 Å². The Kier molecular flexibility index (Phi) is 15.1. The molecule has 9 heteroatoms. The Bertz CT molecular complexity index is 1990. The first-order chi connectivity index (χ1) is 24.0. The minimum absolute atomic E-state index is 0. The predicted octanol–water partition coefficient (Wildman–Crippen LogP) is 11.9. The summed E-state index contributed by atoms with van der Waals surface area (Å²) in [6.07, 6.45) is 1.96. The van der Waals surface area contributed by atoms with Gasteiger partial charge in [-0.25, -0.2) is 0 Å². The van der Waals surface area contributed by atoms with Gasteiger partial charge in [-0.05, 0) is 25.7 Å². The smallest absolute Gasteiger partial charge is 0.162 e. The zero-order chi connectivity index (χ0) is 37.7. The van der Waals surface area contributed by atoms with Crippen molar-refractivity contribution in [1.29, 1.82) is 0 Å². The summed E-state index contributed by atoms with van der Waals surface area (Å²) in [7, 11) is 0. The first-order valence-corrected chi connectivity index (χ1v) is 25.0. The maximum absolute atomic E-state index is 14.6. The molecule has 1 radical (unpaired) electrons. The van der Waals surface area contributed by atoms with Crippen LogP contribution in [0.15, 0.2) is 84.8 Å². The van der Waals surface area contributed by atoms with Crippen molar-refractivity contribution >= 4 is 59.4 Å². The fraction of sp³-hybridized carbons (Fsp3) is 0.395. The second-order valence-electron chi connectivity index (χ2n) is 14.7. The average molecular weight is 968 g/mol. The number of aliphatic hydroxyl groups excluding tert-OH is 1. The third-order valence-corrected chi connectivity index (χ3v) is 20.8. The summed E-state index contributed by atoms with van der Waals surface area (Å²) in [4.78, 5) is 16.3. The number of carbonyl (C=O) groups excluding carboxylic acids is 1. The van der Waals surface area contributed by atoms with Gasteiger partial charge in [-0.15, -0.1) is 0 Å². The second kappa shape index (κ2) is 18.0. The van der Waals surface area contributed by atoms with Crippen LogP contribution < -0.4 is 8.11 Å². The summed E-state index contributed by atoms with van der Waals surface area (Å²) >= 11 is -2.00. The van der Waals surface area contributed by atoms with E-state index >= 15 is 0 Å². The SMILES string of the molecule is CC(C)(C)c1cc(-c2nccc3c(C(F)(F)F)[c]([Ge]([CH3])([CH3])[c]4ccccc4)sc23)[c-]c2ccccc12.CCC(CC)C(=O)/C=C(\O)C(CC)CC.[Ir]. The molecule has 5 rings (SSSR count). The van der Waals surface area contributed by atoms with Crippen molar-refractivity contribution in [3.63, 3.8) is 0 Å². The molecule has 0 aliphatic heterocycles. The number of alkyl halides is 3. The quantitative estimate of drug-likeness (QED) is 0.0657. The molecule has 0 saturated carbocycles. The van der Waals surface area contributed by atoms with E-state index in [9.17, 15) is 23.1 Å². The van der Waals surface area contributed by atoms with Gasteiger partial charge in [-0.1, -0.05) is 27.7 Å². The van der Waals surface area contributed by atoms with E-state index in [1.807, 2.05) is 87.7 Å². The first kappa shape index (κ1) is 43.6. The molecular weight excluding hydrogens is 916 g/mol. The molecule has 0 fully saturated rings. The van der Waals surface area contributed by atoms with Gasteiger partial charge in [-0.2, -0.15) is 0 Å². The van der Waals surface area contributed by atoms with E-state index in [2.05, 4.69) is 44.0 Å². The number of fused-ring (bicyclic) bond motifs is 2. The zero-order valence-corrected chi connectivity index (χ0v) is 37.0. The number of hydrogen-bond acceptors (Lipinski definition) is 4. The maximum atomic E-state index is 14.6. The van der Waals surface area contributed by atoms with Gasteiger partial charge in [-0.3, -0.25) is 4.79 Å². The Morgan fingerprint density at radius 2 is 1.46 bits per heavy atom. The van der Waals surface area contributed by atoms with Crippen LogP contribution in [0.3, 0.4) is 0 Å². The molecule has 281 valence electrons. The molecule has 2 heterocycles. The molecule has 0 aliphatic carbocycles. The first-order valence-electron chi connectivity index (χ1n) is 17.9. The summed E-state index contributed by atoms with van der Waals surface area (Å²) < 4.78 is 46.0. The molecule has 0 aliphatic rings. The molecular formula is C43H51F3GeIrNO2S-. The maximum Gasteiger partial charge on any atom is 0.162 e. The van der Waals surface area contributed by atoms with Gasteiger partial charge in [0, 0.05) is 38.0 Å². The number of aliphatic hydroxyl groups is 1. The number of carbonyl (C=O) groups is 1. The monoisotopic (exact) mass is 969 g/mol. The second-order valence-corrected chi connectivity index (χ2v) is 25.6. The van der Waals surface area contributed by atoms with E-state index in [0.29, 0.717) is 14.1 Å². The number of thiophene rings is 1. The molecule has 0 atom stereocenters. The minimum atomic E-state index is -4.45. The summed E-state index contributed by atoms with van der Waals surface area (Å²) in [6.45, 7) is 14.5. The van der Waals surface area contributed by atoms with Crippen LogP contribution in [0.1, 0.15) is 85.3 Å². The van der Waals surface area contributed by atoms with Gasteiger partial charge >= 0.3 is 217 Å². The molecule has 1 N–H and O–H groups in total. The number of hydrogen-bond donors (Lipinski definition) is 1. The van der Waals surface area contributed by atoms with Crippen LogP contribution in [0.2, 0.25) is 11.5 Å². The van der Waals surface area contributed by atoms with Crippen LogP contribution in [0, 0.1) is 17.9 Å². The Morgan fingerprint density at radius 3 is 2.02 bits per heavy atom. The molecule has 0 saturated heterocycles. The van der Waals surface area contributed by atoms with Gasteiger partial charge in [0.15, 0.2) is 5.78 Å². The molecule has 52 heavy (non-hydrogen) atoms. The molecule has 3 aromatic carbocycles. The normalized spacial score (nSPS) is 12.6. The standard InChI is InChI=1S/C30H27F3GeNS.C13H24O2.Ir/c1-29(2,3)24-18-20(17-19-11-9-10-14-22(19)24)26-27-23(15-16-35-26)25(30(31,32)33)28(36-27)34(4,5)21-12-7-6-8-13-21;1-5-10(6-2)12(14)9-13(15)11(7-3)8-4;/h6-16,18H,1-5H3;9-11,14H,5-8H2,1-4H3;/q-1;;/b;12-9-;. The number of allylic oxidation sites excluding steroid dienone is 2. The van der Waals surface area contributed by atoms with E-state index in [1.165, 1.54) is 29.7 Å². The molecule has 0 bridgehead atoms. The van der Waals surface area contributed by atoms with Gasteiger partial charge < -0.3 is 5.11 Å². The van der Waals surface area contributed by atoms with E-state index < -0.39 is 25.0 Å². The Labute approximate surface area is 327 Å². The number of rotatable bonds is 10. The number of benzene rings is 3. The van der Waals surface area contributed by atoms with Crippen LogP contribution in [0.5, 0.6) is 0 Å². The van der Waals surface area contributed by atoms with Crippen LogP contribution >= 0.6 is 11.3 Å². The van der Waals surface area contributed by atoms with Crippen molar-refractivity contribution in [2.75, 3.05) is 0 Å². The van der Waals surface area contributed by atoms with Crippen molar-refractivity contribution in [1.82, 2.24) is 4.98 Å². The summed E-state index contributed by atoms with van der Waals surface area (Å²) in [5.74, 6) is 4.64.